The molecule has 0 radical (unpaired) electrons. The molecule has 6 heteroatoms. The van der Waals surface area contributed by atoms with E-state index in [1.54, 1.807) is 6.92 Å². The van der Waals surface area contributed by atoms with Crippen molar-refractivity contribution in [1.29, 1.82) is 0 Å². The van der Waals surface area contributed by atoms with Gasteiger partial charge in [-0.2, -0.15) is 0 Å². The van der Waals surface area contributed by atoms with Crippen molar-refractivity contribution < 1.29 is 19.7 Å². The average Bonchev–Trinajstić information content (AvgIpc) is 2.96. The lowest BCUT2D eigenvalue weighted by Gasteiger charge is -2.34. The number of carbonyl (C=O) groups excluding carboxylic acids is 1. The fourth-order valence-electron chi connectivity index (χ4n) is 5.22. The van der Waals surface area contributed by atoms with Crippen molar-refractivity contribution in [2.45, 2.75) is 105 Å². The second kappa shape index (κ2) is 17.6. The lowest BCUT2D eigenvalue weighted by Crippen LogP contribution is -2.35. The third-order valence-electron chi connectivity index (χ3n) is 8.22. The second-order valence-corrected chi connectivity index (χ2v) is 11.9. The fraction of sp³-hybridized carbons (Fsp3) is 0.571. The maximum atomic E-state index is 12.8. The van der Waals surface area contributed by atoms with Gasteiger partial charge in [-0.1, -0.05) is 94.5 Å². The summed E-state index contributed by atoms with van der Waals surface area (Å²) in [7, 11) is 0. The van der Waals surface area contributed by atoms with Crippen molar-refractivity contribution in [2.24, 2.45) is 17.8 Å². The molecule has 0 heterocycles. The molecule has 0 aliphatic heterocycles. The Morgan fingerprint density at radius 3 is 2.44 bits per heavy atom. The van der Waals surface area contributed by atoms with E-state index in [0.29, 0.717) is 16.5 Å². The highest BCUT2D eigenvalue weighted by Crippen LogP contribution is 2.41. The number of hydrogen-bond acceptors (Lipinski definition) is 4. The summed E-state index contributed by atoms with van der Waals surface area (Å²) >= 11 is 6.26. The van der Waals surface area contributed by atoms with Crippen LogP contribution in [0.1, 0.15) is 105 Å². The Morgan fingerprint density at radius 1 is 1.17 bits per heavy atom. The van der Waals surface area contributed by atoms with Crippen LogP contribution >= 0.6 is 11.6 Å². The van der Waals surface area contributed by atoms with Crippen LogP contribution in [0.25, 0.3) is 0 Å². The second-order valence-electron chi connectivity index (χ2n) is 11.4. The zero-order valence-corrected chi connectivity index (χ0v) is 26.7. The zero-order valence-electron chi connectivity index (χ0n) is 26.0. The van der Waals surface area contributed by atoms with E-state index in [4.69, 9.17) is 16.3 Å². The lowest BCUT2D eigenvalue weighted by atomic mass is 9.77. The summed E-state index contributed by atoms with van der Waals surface area (Å²) in [6.45, 7) is 12.8. The molecular weight excluding hydrogens is 534 g/mol. The van der Waals surface area contributed by atoms with Gasteiger partial charge in [-0.15, -0.1) is 0 Å². The molecule has 5 nitrogen and oxygen atoms in total. The molecule has 228 valence electrons. The third-order valence-corrected chi connectivity index (χ3v) is 8.47. The van der Waals surface area contributed by atoms with Crippen LogP contribution in [0.4, 0.5) is 0 Å². The van der Waals surface area contributed by atoms with Gasteiger partial charge in [-0.3, -0.25) is 4.79 Å². The molecule has 2 rings (SSSR count). The quantitative estimate of drug-likeness (QED) is 0.0971. The van der Waals surface area contributed by atoms with Gasteiger partial charge in [0, 0.05) is 29.5 Å². The predicted molar refractivity (Wildman–Crippen MR) is 170 cm³/mol. The monoisotopic (exact) mass is 585 g/mol. The highest BCUT2D eigenvalue weighted by Gasteiger charge is 2.32. The number of halogens is 1. The van der Waals surface area contributed by atoms with Crippen LogP contribution in [0.2, 0.25) is 5.02 Å². The van der Waals surface area contributed by atoms with E-state index in [0.717, 1.165) is 49.8 Å². The number of nitrogens with one attached hydrogen (secondary N) is 1. The van der Waals surface area contributed by atoms with Crippen molar-refractivity contribution in [1.82, 2.24) is 5.32 Å². The fourth-order valence-corrected chi connectivity index (χ4v) is 5.35. The molecule has 1 aromatic carbocycles. The number of rotatable bonds is 17. The number of allylic oxidation sites excluding steroid dienone is 5. The highest BCUT2D eigenvalue weighted by molar-refractivity contribution is 6.30. The van der Waals surface area contributed by atoms with E-state index in [-0.39, 0.29) is 43.2 Å². The van der Waals surface area contributed by atoms with Gasteiger partial charge in [0.25, 0.3) is 5.91 Å². The lowest BCUT2D eigenvalue weighted by molar-refractivity contribution is -0.166. The standard InChI is InChI=1S/C35H52ClNO4/c1-7-11-13-32(27-14-16-29(17-15-27)34(38)37-23-22-35(39,40)10-4)33(28-18-20-30(36)21-19-28)41-31(9-3)24-26(6)25(5)12-8-2/h9,14,16-21,24-25,27,32-33,39-40H,7-8,10-13,15,22-23H2,1-6H3,(H,37,38). The number of aliphatic hydroxyl groups is 2. The van der Waals surface area contributed by atoms with Gasteiger partial charge in [-0.25, -0.2) is 0 Å². The van der Waals surface area contributed by atoms with E-state index in [1.165, 1.54) is 5.57 Å². The molecule has 1 aliphatic carbocycles. The van der Waals surface area contributed by atoms with Gasteiger partial charge in [-0.05, 0) is 81.2 Å². The van der Waals surface area contributed by atoms with Crippen LogP contribution in [0, 0.1) is 17.8 Å². The number of benzene rings is 1. The third kappa shape index (κ3) is 11.5. The minimum Gasteiger partial charge on any atom is -0.486 e. The highest BCUT2D eigenvalue weighted by atomic mass is 35.5. The summed E-state index contributed by atoms with van der Waals surface area (Å²) in [5, 5.41) is 23.1. The summed E-state index contributed by atoms with van der Waals surface area (Å²) < 4.78 is 6.87. The summed E-state index contributed by atoms with van der Waals surface area (Å²) in [5.74, 6) is -0.195. The van der Waals surface area contributed by atoms with Gasteiger partial charge in [0.05, 0.1) is 0 Å². The van der Waals surface area contributed by atoms with Crippen LogP contribution in [-0.2, 0) is 9.53 Å². The smallest absolute Gasteiger partial charge is 0.250 e. The predicted octanol–water partition coefficient (Wildman–Crippen LogP) is 8.59. The van der Waals surface area contributed by atoms with Crippen LogP contribution in [0.5, 0.6) is 0 Å². The van der Waals surface area contributed by atoms with Crippen LogP contribution in [0.3, 0.4) is 0 Å². The Bertz CT molecular complexity index is 1070. The van der Waals surface area contributed by atoms with Crippen molar-refractivity contribution in [2.75, 3.05) is 6.54 Å². The summed E-state index contributed by atoms with van der Waals surface area (Å²) in [6.07, 6.45) is 16.6. The summed E-state index contributed by atoms with van der Waals surface area (Å²) in [5.41, 5.74) is 3.01. The normalized spacial score (nSPS) is 18.5. The van der Waals surface area contributed by atoms with Crippen molar-refractivity contribution in [3.8, 4) is 0 Å². The van der Waals surface area contributed by atoms with E-state index in [1.807, 2.05) is 37.3 Å². The molecule has 1 aromatic rings. The molecule has 4 atom stereocenters. The average molecular weight is 586 g/mol. The first-order valence-corrected chi connectivity index (χ1v) is 15.8. The van der Waals surface area contributed by atoms with E-state index < -0.39 is 5.79 Å². The van der Waals surface area contributed by atoms with E-state index in [9.17, 15) is 15.0 Å². The maximum Gasteiger partial charge on any atom is 0.250 e. The van der Waals surface area contributed by atoms with Gasteiger partial charge in [0.1, 0.15) is 11.9 Å². The Hall–Kier alpha value is -2.34. The van der Waals surface area contributed by atoms with Crippen LogP contribution < -0.4 is 5.32 Å². The number of unbranched alkanes of at least 4 members (excludes halogenated alkanes) is 1. The van der Waals surface area contributed by atoms with Crippen molar-refractivity contribution in [3.05, 3.63) is 82.1 Å². The minimum atomic E-state index is -1.76. The summed E-state index contributed by atoms with van der Waals surface area (Å²) in [4.78, 5) is 12.8. The molecule has 4 unspecified atom stereocenters. The topological polar surface area (TPSA) is 78.8 Å². The Morgan fingerprint density at radius 2 is 1.88 bits per heavy atom. The molecule has 1 aliphatic rings. The Labute approximate surface area is 253 Å². The molecule has 41 heavy (non-hydrogen) atoms. The molecule has 0 fully saturated rings. The first-order chi connectivity index (χ1) is 19.5. The largest absolute Gasteiger partial charge is 0.486 e. The molecule has 0 bridgehead atoms. The van der Waals surface area contributed by atoms with Gasteiger partial charge in [0.2, 0.25) is 0 Å². The molecule has 0 aromatic heterocycles. The maximum absolute atomic E-state index is 12.8. The molecule has 1 amide bonds. The molecular formula is C35H52ClNO4. The van der Waals surface area contributed by atoms with Gasteiger partial charge >= 0.3 is 0 Å². The number of hydrogen-bond donors (Lipinski definition) is 3. The Kier molecular flexibility index (Phi) is 14.9. The first-order valence-electron chi connectivity index (χ1n) is 15.4. The SMILES string of the molecule is CC=C(C=C(C)C(C)CCC)OC(c1ccc(Cl)cc1)C(CCCC)C1C=CC(C(=O)NCCC(O)(O)CC)=CC1. The van der Waals surface area contributed by atoms with E-state index in [2.05, 4.69) is 57.3 Å². The van der Waals surface area contributed by atoms with Crippen molar-refractivity contribution >= 4 is 17.5 Å². The number of carbonyl (C=O) groups is 1. The Balaban J connectivity index is 2.30. The van der Waals surface area contributed by atoms with Crippen LogP contribution in [0.15, 0.2) is 71.6 Å². The molecule has 0 saturated heterocycles. The minimum absolute atomic E-state index is 0.0898. The zero-order chi connectivity index (χ0) is 30.4. The number of amides is 1. The molecule has 0 spiro atoms. The number of ether oxygens (including phenoxy) is 1. The first kappa shape index (κ1) is 34.9. The van der Waals surface area contributed by atoms with E-state index >= 15 is 0 Å². The van der Waals surface area contributed by atoms with Gasteiger partial charge in [0.15, 0.2) is 5.79 Å². The molecule has 0 saturated carbocycles. The molecule has 3 N–H and O–H groups in total. The summed E-state index contributed by atoms with van der Waals surface area (Å²) in [6, 6.07) is 7.98. The van der Waals surface area contributed by atoms with Crippen molar-refractivity contribution in [3.63, 3.8) is 0 Å². The van der Waals surface area contributed by atoms with Gasteiger partial charge < -0.3 is 20.3 Å². The van der Waals surface area contributed by atoms with Crippen LogP contribution in [-0.4, -0.2) is 28.5 Å².